The molecule has 0 radical (unpaired) electrons. The summed E-state index contributed by atoms with van der Waals surface area (Å²) in [7, 11) is 0. The Morgan fingerprint density at radius 3 is 2.52 bits per heavy atom. The molecule has 4 nitrogen and oxygen atoms in total. The topological polar surface area (TPSA) is 41.6 Å². The second kappa shape index (κ2) is 10.7. The highest BCUT2D eigenvalue weighted by molar-refractivity contribution is 5.94. The van der Waals surface area contributed by atoms with Gasteiger partial charge in [0.15, 0.2) is 0 Å². The normalized spacial score (nSPS) is 21.5. The van der Waals surface area contributed by atoms with Crippen molar-refractivity contribution in [3.8, 4) is 16.9 Å². The molecule has 0 bridgehead atoms. The van der Waals surface area contributed by atoms with Crippen molar-refractivity contribution < 1.29 is 9.53 Å². The molecule has 33 heavy (non-hydrogen) atoms. The van der Waals surface area contributed by atoms with Gasteiger partial charge in [-0.15, -0.1) is 0 Å². The Bertz CT molecular complexity index is 915. The highest BCUT2D eigenvalue weighted by Gasteiger charge is 2.34. The third-order valence-electron chi connectivity index (χ3n) is 7.60. The van der Waals surface area contributed by atoms with Gasteiger partial charge in [-0.05, 0) is 92.4 Å². The fourth-order valence-corrected chi connectivity index (χ4v) is 5.43. The minimum absolute atomic E-state index is 0.0212. The number of nitrogens with one attached hydrogen (secondary N) is 1. The lowest BCUT2D eigenvalue weighted by Gasteiger charge is -2.29. The maximum atomic E-state index is 12.7. The monoisotopic (exact) mass is 448 g/mol. The summed E-state index contributed by atoms with van der Waals surface area (Å²) in [6, 6.07) is 16.2. The molecule has 2 atom stereocenters. The Morgan fingerprint density at radius 2 is 1.82 bits per heavy atom. The molecule has 1 saturated heterocycles. The number of ether oxygens (including phenoxy) is 1. The van der Waals surface area contributed by atoms with Gasteiger partial charge in [-0.3, -0.25) is 9.69 Å². The molecule has 0 spiro atoms. The van der Waals surface area contributed by atoms with Gasteiger partial charge in [0.25, 0.3) is 5.91 Å². The second-order valence-electron chi connectivity index (χ2n) is 10.7. The van der Waals surface area contributed by atoms with E-state index < -0.39 is 0 Å². The predicted octanol–water partition coefficient (Wildman–Crippen LogP) is 6.16. The first-order valence-electron chi connectivity index (χ1n) is 12.8. The van der Waals surface area contributed by atoms with Crippen LogP contribution in [0.25, 0.3) is 11.1 Å². The van der Waals surface area contributed by atoms with Gasteiger partial charge < -0.3 is 10.1 Å². The van der Waals surface area contributed by atoms with Crippen molar-refractivity contribution in [3.63, 3.8) is 0 Å². The van der Waals surface area contributed by atoms with Crippen LogP contribution < -0.4 is 10.1 Å². The standard InChI is InChI=1S/C29H40N2O2/c1-22(21-31-17-5-4-6-18-31)33-27-11-7-9-25(19-27)23-12-14-24(15-13-23)28(32)30-20-26-10-8-16-29(26,2)3/h7,9,11-15,19,22,26H,4-6,8,10,16-18,20-21H2,1-3H3,(H,30,32). The van der Waals surface area contributed by atoms with Crippen LogP contribution in [-0.4, -0.2) is 43.1 Å². The minimum Gasteiger partial charge on any atom is -0.489 e. The Hall–Kier alpha value is -2.33. The molecule has 178 valence electrons. The molecule has 2 unspecified atom stereocenters. The maximum Gasteiger partial charge on any atom is 0.251 e. The lowest BCUT2D eigenvalue weighted by Crippen LogP contribution is -2.37. The van der Waals surface area contributed by atoms with Crippen molar-refractivity contribution in [2.24, 2.45) is 11.3 Å². The number of hydrogen-bond acceptors (Lipinski definition) is 3. The lowest BCUT2D eigenvalue weighted by atomic mass is 9.82. The second-order valence-corrected chi connectivity index (χ2v) is 10.7. The van der Waals surface area contributed by atoms with Gasteiger partial charge in [0.1, 0.15) is 11.9 Å². The van der Waals surface area contributed by atoms with Gasteiger partial charge in [0.05, 0.1) is 0 Å². The number of piperidine rings is 1. The Balaban J connectivity index is 1.33. The molecule has 1 heterocycles. The average molecular weight is 449 g/mol. The van der Waals surface area contributed by atoms with E-state index in [-0.39, 0.29) is 12.0 Å². The van der Waals surface area contributed by atoms with Crippen molar-refractivity contribution in [2.75, 3.05) is 26.2 Å². The van der Waals surface area contributed by atoms with E-state index in [1.54, 1.807) is 0 Å². The molecule has 1 N–H and O–H groups in total. The Labute approximate surface area is 199 Å². The van der Waals surface area contributed by atoms with Crippen molar-refractivity contribution in [2.45, 2.75) is 65.4 Å². The Kier molecular flexibility index (Phi) is 7.75. The lowest BCUT2D eigenvalue weighted by molar-refractivity contribution is 0.0937. The summed E-state index contributed by atoms with van der Waals surface area (Å²) in [5.74, 6) is 1.49. The van der Waals surface area contributed by atoms with Gasteiger partial charge in [-0.1, -0.05) is 51.0 Å². The van der Waals surface area contributed by atoms with E-state index in [9.17, 15) is 4.79 Å². The zero-order valence-corrected chi connectivity index (χ0v) is 20.6. The summed E-state index contributed by atoms with van der Waals surface area (Å²) < 4.78 is 6.23. The highest BCUT2D eigenvalue weighted by atomic mass is 16.5. The summed E-state index contributed by atoms with van der Waals surface area (Å²) >= 11 is 0. The Morgan fingerprint density at radius 1 is 1.06 bits per heavy atom. The maximum absolute atomic E-state index is 12.7. The van der Waals surface area contributed by atoms with Crippen LogP contribution in [0.3, 0.4) is 0 Å². The first-order chi connectivity index (χ1) is 15.9. The predicted molar refractivity (Wildman–Crippen MR) is 136 cm³/mol. The quantitative estimate of drug-likeness (QED) is 0.526. The number of carbonyl (C=O) groups excluding carboxylic acids is 1. The minimum atomic E-state index is 0.0212. The van der Waals surface area contributed by atoms with Gasteiger partial charge >= 0.3 is 0 Å². The van der Waals surface area contributed by atoms with E-state index in [4.69, 9.17) is 4.74 Å². The molecule has 1 aliphatic heterocycles. The van der Waals surface area contributed by atoms with Crippen LogP contribution in [0.1, 0.15) is 69.7 Å². The molecule has 2 aliphatic rings. The summed E-state index contributed by atoms with van der Waals surface area (Å²) in [4.78, 5) is 15.2. The number of amides is 1. The first-order valence-corrected chi connectivity index (χ1v) is 12.8. The molecular formula is C29H40N2O2. The zero-order chi connectivity index (χ0) is 23.3. The average Bonchev–Trinajstić information content (AvgIpc) is 3.16. The summed E-state index contributed by atoms with van der Waals surface area (Å²) in [5, 5.41) is 3.16. The number of hydrogen-bond donors (Lipinski definition) is 1. The first kappa shape index (κ1) is 23.8. The molecular weight excluding hydrogens is 408 g/mol. The van der Waals surface area contributed by atoms with E-state index >= 15 is 0 Å². The van der Waals surface area contributed by atoms with Crippen LogP contribution in [0.15, 0.2) is 48.5 Å². The van der Waals surface area contributed by atoms with Crippen LogP contribution >= 0.6 is 0 Å². The van der Waals surface area contributed by atoms with Crippen molar-refractivity contribution in [1.82, 2.24) is 10.2 Å². The fraction of sp³-hybridized carbons (Fsp3) is 0.552. The molecule has 1 saturated carbocycles. The van der Waals surface area contributed by atoms with Gasteiger partial charge in [0, 0.05) is 18.7 Å². The SMILES string of the molecule is CC(CN1CCCCC1)Oc1cccc(-c2ccc(C(=O)NCC3CCCC3(C)C)cc2)c1. The summed E-state index contributed by atoms with van der Waals surface area (Å²) in [5.41, 5.74) is 3.25. The summed E-state index contributed by atoms with van der Waals surface area (Å²) in [6.45, 7) is 10.9. The van der Waals surface area contributed by atoms with E-state index in [2.05, 4.69) is 43.1 Å². The zero-order valence-electron chi connectivity index (χ0n) is 20.6. The number of nitrogens with zero attached hydrogens (tertiary/aromatic N) is 1. The van der Waals surface area contributed by atoms with Gasteiger partial charge in [0.2, 0.25) is 0 Å². The van der Waals surface area contributed by atoms with E-state index in [0.29, 0.717) is 11.3 Å². The third kappa shape index (κ3) is 6.38. The van der Waals surface area contributed by atoms with Crippen LogP contribution in [0.2, 0.25) is 0 Å². The van der Waals surface area contributed by atoms with Crippen molar-refractivity contribution in [3.05, 3.63) is 54.1 Å². The molecule has 2 aromatic rings. The van der Waals surface area contributed by atoms with Crippen LogP contribution in [0, 0.1) is 11.3 Å². The van der Waals surface area contributed by atoms with Crippen LogP contribution in [-0.2, 0) is 0 Å². The largest absolute Gasteiger partial charge is 0.489 e. The fourth-order valence-electron chi connectivity index (χ4n) is 5.43. The number of likely N-dealkylation sites (tertiary alicyclic amines) is 1. The molecule has 0 aromatic heterocycles. The van der Waals surface area contributed by atoms with E-state index in [0.717, 1.165) is 35.5 Å². The molecule has 1 aliphatic carbocycles. The molecule has 4 heteroatoms. The highest BCUT2D eigenvalue weighted by Crippen LogP contribution is 2.42. The number of benzene rings is 2. The third-order valence-corrected chi connectivity index (χ3v) is 7.60. The molecule has 2 fully saturated rings. The summed E-state index contributed by atoms with van der Waals surface area (Å²) in [6.07, 6.45) is 7.84. The van der Waals surface area contributed by atoms with E-state index in [1.165, 1.54) is 51.6 Å². The van der Waals surface area contributed by atoms with Crippen molar-refractivity contribution in [1.29, 1.82) is 0 Å². The molecule has 2 aromatic carbocycles. The molecule has 1 amide bonds. The van der Waals surface area contributed by atoms with Crippen LogP contribution in [0.5, 0.6) is 5.75 Å². The van der Waals surface area contributed by atoms with Gasteiger partial charge in [-0.2, -0.15) is 0 Å². The van der Waals surface area contributed by atoms with Crippen LogP contribution in [0.4, 0.5) is 0 Å². The molecule has 4 rings (SSSR count). The van der Waals surface area contributed by atoms with E-state index in [1.807, 2.05) is 36.4 Å². The van der Waals surface area contributed by atoms with Crippen molar-refractivity contribution >= 4 is 5.91 Å². The van der Waals surface area contributed by atoms with Gasteiger partial charge in [-0.25, -0.2) is 0 Å². The number of carbonyl (C=O) groups is 1. The number of rotatable bonds is 8. The smallest absolute Gasteiger partial charge is 0.251 e.